The summed E-state index contributed by atoms with van der Waals surface area (Å²) in [5.41, 5.74) is 0. The number of hydrogen-bond acceptors (Lipinski definition) is 0. The van der Waals surface area contributed by atoms with E-state index in [2.05, 4.69) is 5.32 Å². The fraction of sp³-hybridized carbons (Fsp3) is 1.00. The number of quaternary nitrogens is 1. The second kappa shape index (κ2) is 9.45. The van der Waals surface area contributed by atoms with E-state index < -0.39 is 0 Å². The summed E-state index contributed by atoms with van der Waals surface area (Å²) < 4.78 is 0. The van der Waals surface area contributed by atoms with E-state index >= 15 is 0 Å². The predicted molar refractivity (Wildman–Crippen MR) is 46.4 cm³/mol. The van der Waals surface area contributed by atoms with Crippen LogP contribution in [-0.2, 0) is 21.1 Å². The number of nitrogens with two attached hydrogens (primary N) is 1. The molecule has 0 radical (unpaired) electrons. The van der Waals surface area contributed by atoms with Gasteiger partial charge in [-0.05, 0) is 51.4 Å². The molecule has 4 heteroatoms. The zero-order valence-corrected chi connectivity index (χ0v) is 12.2. The van der Waals surface area contributed by atoms with Crippen LogP contribution in [0.3, 0.4) is 0 Å². The fourth-order valence-electron chi connectivity index (χ4n) is 2.68. The molecule has 0 spiro atoms. The van der Waals surface area contributed by atoms with Gasteiger partial charge < -0.3 is 30.1 Å². The standard InChI is InChI=1S/C10H19N.2ClH.Pt/c1-2-6-9(5-1)11-10-7-3-4-8-10;;;/h9-11H,1-8H2;2*1H;/p-1. The van der Waals surface area contributed by atoms with E-state index in [0.29, 0.717) is 0 Å². The van der Waals surface area contributed by atoms with Crippen molar-refractivity contribution in [2.75, 3.05) is 0 Å². The quantitative estimate of drug-likeness (QED) is 0.464. The summed E-state index contributed by atoms with van der Waals surface area (Å²) in [5, 5.41) is 2.68. The molecule has 1 nitrogen and oxygen atoms in total. The Morgan fingerprint density at radius 2 is 0.929 bits per heavy atom. The van der Waals surface area contributed by atoms with E-state index in [1.54, 1.807) is 0 Å². The molecule has 2 aliphatic carbocycles. The van der Waals surface area contributed by atoms with Gasteiger partial charge in [-0.1, -0.05) is 0 Å². The van der Waals surface area contributed by atoms with Crippen LogP contribution >= 0.6 is 0 Å². The van der Waals surface area contributed by atoms with Crippen LogP contribution in [-0.4, -0.2) is 12.1 Å². The molecule has 2 N–H and O–H groups in total. The Labute approximate surface area is 114 Å². The molecule has 2 aliphatic rings. The Morgan fingerprint density at radius 1 is 0.643 bits per heavy atom. The van der Waals surface area contributed by atoms with Gasteiger partial charge in [0.2, 0.25) is 0 Å². The first-order valence-corrected chi connectivity index (χ1v) is 5.30. The normalized spacial score (nSPS) is 22.3. The van der Waals surface area contributed by atoms with Crippen LogP contribution in [0, 0.1) is 0 Å². The van der Waals surface area contributed by atoms with Crippen molar-refractivity contribution >= 4 is 0 Å². The van der Waals surface area contributed by atoms with Crippen molar-refractivity contribution in [2.45, 2.75) is 63.5 Å². The SMILES string of the molecule is C1CCC([NH2+]C2CCCC2)C1.[Cl-].[Cl-].[Pt]. The van der Waals surface area contributed by atoms with E-state index in [-0.39, 0.29) is 45.9 Å². The third-order valence-corrected chi connectivity index (χ3v) is 3.34. The molecule has 0 atom stereocenters. The summed E-state index contributed by atoms with van der Waals surface area (Å²) in [5.74, 6) is 0. The maximum absolute atomic E-state index is 2.68. The van der Waals surface area contributed by atoms with Crippen molar-refractivity contribution in [2.24, 2.45) is 0 Å². The molecule has 90 valence electrons. The van der Waals surface area contributed by atoms with Crippen LogP contribution in [0.5, 0.6) is 0 Å². The largest absolute Gasteiger partial charge is 1.00 e. The molecule has 0 bridgehead atoms. The summed E-state index contributed by atoms with van der Waals surface area (Å²) in [4.78, 5) is 0. The third-order valence-electron chi connectivity index (χ3n) is 3.34. The van der Waals surface area contributed by atoms with E-state index in [1.807, 2.05) is 0 Å². The van der Waals surface area contributed by atoms with Gasteiger partial charge in [0.15, 0.2) is 0 Å². The van der Waals surface area contributed by atoms with E-state index in [0.717, 1.165) is 12.1 Å². The predicted octanol–water partition coefficient (Wildman–Crippen LogP) is -4.56. The summed E-state index contributed by atoms with van der Waals surface area (Å²) >= 11 is 0. The van der Waals surface area contributed by atoms with Crippen molar-refractivity contribution in [1.82, 2.24) is 0 Å². The minimum Gasteiger partial charge on any atom is -1.00 e. The van der Waals surface area contributed by atoms with Crippen LogP contribution in [0.15, 0.2) is 0 Å². The molecule has 2 fully saturated rings. The Bertz CT molecular complexity index is 109. The molecular weight excluding hydrogens is 400 g/mol. The number of halogens is 2. The van der Waals surface area contributed by atoms with Gasteiger partial charge in [-0.3, -0.25) is 0 Å². The van der Waals surface area contributed by atoms with Gasteiger partial charge >= 0.3 is 0 Å². The van der Waals surface area contributed by atoms with Crippen LogP contribution in [0.1, 0.15) is 51.4 Å². The second-order valence-electron chi connectivity index (χ2n) is 4.28. The molecule has 0 saturated heterocycles. The minimum atomic E-state index is 0. The molecule has 14 heavy (non-hydrogen) atoms. The Hall–Kier alpha value is 1.23. The number of hydrogen-bond donors (Lipinski definition) is 1. The maximum atomic E-state index is 2.68. The van der Waals surface area contributed by atoms with Gasteiger partial charge in [-0.25, -0.2) is 0 Å². The van der Waals surface area contributed by atoms with E-state index in [9.17, 15) is 0 Å². The smallest absolute Gasteiger partial charge is 0.0861 e. The van der Waals surface area contributed by atoms with Crippen LogP contribution in [0.25, 0.3) is 0 Å². The first-order valence-electron chi connectivity index (χ1n) is 5.30. The van der Waals surface area contributed by atoms with Crippen LogP contribution in [0.4, 0.5) is 0 Å². The summed E-state index contributed by atoms with van der Waals surface area (Å²) in [7, 11) is 0. The summed E-state index contributed by atoms with van der Waals surface area (Å²) in [6.07, 6.45) is 12.0. The van der Waals surface area contributed by atoms with Crippen molar-refractivity contribution in [3.05, 3.63) is 0 Å². The maximum Gasteiger partial charge on any atom is 0.0861 e. The molecule has 0 unspecified atom stereocenters. The molecule has 0 aromatic heterocycles. The minimum absolute atomic E-state index is 0. The fourth-order valence-corrected chi connectivity index (χ4v) is 2.68. The Kier molecular flexibility index (Phi) is 11.9. The molecule has 0 aromatic carbocycles. The Balaban J connectivity index is 0. The molecule has 0 aromatic rings. The van der Waals surface area contributed by atoms with Gasteiger partial charge in [-0.15, -0.1) is 0 Å². The monoisotopic (exact) mass is 419 g/mol. The van der Waals surface area contributed by atoms with Gasteiger partial charge in [0, 0.05) is 21.1 Å². The first-order chi connectivity index (χ1) is 5.45. The van der Waals surface area contributed by atoms with Crippen molar-refractivity contribution in [3.63, 3.8) is 0 Å². The van der Waals surface area contributed by atoms with Gasteiger partial charge in [-0.2, -0.15) is 0 Å². The van der Waals surface area contributed by atoms with Crippen molar-refractivity contribution in [3.8, 4) is 0 Å². The molecule has 0 aliphatic heterocycles. The number of rotatable bonds is 2. The second-order valence-corrected chi connectivity index (χ2v) is 4.28. The first kappa shape index (κ1) is 17.6. The van der Waals surface area contributed by atoms with E-state index in [1.165, 1.54) is 51.4 Å². The third kappa shape index (κ3) is 5.35. The molecule has 2 saturated carbocycles. The van der Waals surface area contributed by atoms with Crippen LogP contribution in [0.2, 0.25) is 0 Å². The molecule has 2 rings (SSSR count). The zero-order valence-electron chi connectivity index (χ0n) is 8.46. The zero-order chi connectivity index (χ0) is 7.52. The summed E-state index contributed by atoms with van der Waals surface area (Å²) in [6, 6.07) is 2.02. The van der Waals surface area contributed by atoms with Crippen molar-refractivity contribution < 1.29 is 51.2 Å². The Morgan fingerprint density at radius 3 is 1.21 bits per heavy atom. The molecule has 0 amide bonds. The average molecular weight is 420 g/mol. The van der Waals surface area contributed by atoms with Crippen LogP contribution < -0.4 is 30.1 Å². The molecule has 0 heterocycles. The summed E-state index contributed by atoms with van der Waals surface area (Å²) in [6.45, 7) is 0. The topological polar surface area (TPSA) is 16.6 Å². The molecular formula is C10H20Cl2NPt-. The average Bonchev–Trinajstić information content (AvgIpc) is 2.60. The van der Waals surface area contributed by atoms with Gasteiger partial charge in [0.05, 0.1) is 12.1 Å². The van der Waals surface area contributed by atoms with Gasteiger partial charge in [0.1, 0.15) is 0 Å². The van der Waals surface area contributed by atoms with Crippen molar-refractivity contribution in [1.29, 1.82) is 0 Å². The van der Waals surface area contributed by atoms with Gasteiger partial charge in [0.25, 0.3) is 0 Å². The van der Waals surface area contributed by atoms with E-state index in [4.69, 9.17) is 0 Å².